The molecule has 162 valence electrons. The quantitative estimate of drug-likeness (QED) is 0.545. The van der Waals surface area contributed by atoms with E-state index in [0.717, 1.165) is 17.5 Å². The number of aryl methyl sites for hydroxylation is 1. The van der Waals surface area contributed by atoms with Gasteiger partial charge in [0.05, 0.1) is 6.42 Å². The molecule has 0 radical (unpaired) electrons. The fourth-order valence-corrected chi connectivity index (χ4v) is 3.83. The van der Waals surface area contributed by atoms with Crippen molar-refractivity contribution in [2.45, 2.75) is 65.6 Å². The molecule has 0 saturated heterocycles. The number of amides is 2. The van der Waals surface area contributed by atoms with E-state index in [9.17, 15) is 9.59 Å². The standard InChI is InChI=1S/C24H30Cl2N2O2/c1-5-17(4)27-24(30)22(6-2)28(15-19-20(25)11-8-12-21(19)26)23(29)14-18-10-7-9-16(3)13-18/h7-13,17,22H,5-6,14-15H2,1-4H3,(H,27,30)/t17-,22+/m1/s1. The van der Waals surface area contributed by atoms with E-state index < -0.39 is 6.04 Å². The lowest BCUT2D eigenvalue weighted by Gasteiger charge is -2.32. The summed E-state index contributed by atoms with van der Waals surface area (Å²) < 4.78 is 0. The summed E-state index contributed by atoms with van der Waals surface area (Å²) in [4.78, 5) is 28.0. The van der Waals surface area contributed by atoms with Crippen LogP contribution in [0.2, 0.25) is 10.0 Å². The van der Waals surface area contributed by atoms with Crippen molar-refractivity contribution >= 4 is 35.0 Å². The second kappa shape index (κ2) is 11.4. The van der Waals surface area contributed by atoms with Crippen LogP contribution in [0.1, 0.15) is 50.3 Å². The lowest BCUT2D eigenvalue weighted by molar-refractivity contribution is -0.141. The Hall–Kier alpha value is -2.04. The number of carbonyl (C=O) groups is 2. The van der Waals surface area contributed by atoms with Crippen LogP contribution in [-0.4, -0.2) is 28.8 Å². The number of nitrogens with one attached hydrogen (secondary N) is 1. The van der Waals surface area contributed by atoms with Crippen molar-refractivity contribution in [1.29, 1.82) is 0 Å². The molecule has 2 amide bonds. The SMILES string of the molecule is CC[C@@H](C)NC(=O)[C@H](CC)N(Cc1c(Cl)cccc1Cl)C(=O)Cc1cccc(C)c1. The molecule has 2 atom stereocenters. The average Bonchev–Trinajstić information content (AvgIpc) is 2.69. The smallest absolute Gasteiger partial charge is 0.243 e. The van der Waals surface area contributed by atoms with Crippen LogP contribution in [0, 0.1) is 6.92 Å². The number of hydrogen-bond acceptors (Lipinski definition) is 2. The molecule has 6 heteroatoms. The average molecular weight is 449 g/mol. The van der Waals surface area contributed by atoms with E-state index in [0.29, 0.717) is 22.0 Å². The van der Waals surface area contributed by atoms with Gasteiger partial charge < -0.3 is 10.2 Å². The van der Waals surface area contributed by atoms with E-state index in [-0.39, 0.29) is 30.8 Å². The summed E-state index contributed by atoms with van der Waals surface area (Å²) in [7, 11) is 0. The molecule has 2 aromatic carbocycles. The number of benzene rings is 2. The molecule has 0 aromatic heterocycles. The summed E-state index contributed by atoms with van der Waals surface area (Å²) in [5.74, 6) is -0.296. The van der Waals surface area contributed by atoms with Gasteiger partial charge >= 0.3 is 0 Å². The Labute approximate surface area is 189 Å². The first-order chi connectivity index (χ1) is 14.3. The Bertz CT molecular complexity index is 865. The molecule has 0 aliphatic rings. The normalized spacial score (nSPS) is 12.9. The number of rotatable bonds is 9. The van der Waals surface area contributed by atoms with Crippen LogP contribution in [0.25, 0.3) is 0 Å². The summed E-state index contributed by atoms with van der Waals surface area (Å²) in [6.45, 7) is 8.03. The molecule has 2 rings (SSSR count). The first-order valence-corrected chi connectivity index (χ1v) is 11.1. The monoisotopic (exact) mass is 448 g/mol. The third-order valence-corrected chi connectivity index (χ3v) is 5.92. The van der Waals surface area contributed by atoms with E-state index in [4.69, 9.17) is 23.2 Å². The zero-order chi connectivity index (χ0) is 22.3. The van der Waals surface area contributed by atoms with E-state index in [1.165, 1.54) is 0 Å². The molecule has 0 fully saturated rings. The van der Waals surface area contributed by atoms with Crippen LogP contribution in [-0.2, 0) is 22.6 Å². The van der Waals surface area contributed by atoms with Crippen molar-refractivity contribution in [3.8, 4) is 0 Å². The van der Waals surface area contributed by atoms with Crippen molar-refractivity contribution in [1.82, 2.24) is 10.2 Å². The van der Waals surface area contributed by atoms with Crippen molar-refractivity contribution in [2.75, 3.05) is 0 Å². The highest BCUT2D eigenvalue weighted by atomic mass is 35.5. The van der Waals surface area contributed by atoms with Gasteiger partial charge in [0.1, 0.15) is 6.04 Å². The van der Waals surface area contributed by atoms with Crippen LogP contribution >= 0.6 is 23.2 Å². The second-order valence-corrected chi connectivity index (χ2v) is 8.44. The molecule has 30 heavy (non-hydrogen) atoms. The van der Waals surface area contributed by atoms with Gasteiger partial charge in [0.25, 0.3) is 0 Å². The topological polar surface area (TPSA) is 49.4 Å². The predicted octanol–water partition coefficient (Wildman–Crippen LogP) is 5.57. The first-order valence-electron chi connectivity index (χ1n) is 10.3. The molecular formula is C24H30Cl2N2O2. The van der Waals surface area contributed by atoms with Crippen LogP contribution in [0.15, 0.2) is 42.5 Å². The van der Waals surface area contributed by atoms with Gasteiger partial charge in [0.15, 0.2) is 0 Å². The number of hydrogen-bond donors (Lipinski definition) is 1. The van der Waals surface area contributed by atoms with Gasteiger partial charge in [-0.1, -0.05) is 72.9 Å². The van der Waals surface area contributed by atoms with Gasteiger partial charge in [0, 0.05) is 28.2 Å². The van der Waals surface area contributed by atoms with Crippen molar-refractivity contribution in [3.63, 3.8) is 0 Å². The maximum atomic E-state index is 13.4. The summed E-state index contributed by atoms with van der Waals surface area (Å²) in [5, 5.41) is 3.96. The van der Waals surface area contributed by atoms with Crippen LogP contribution < -0.4 is 5.32 Å². The Morgan fingerprint density at radius 2 is 1.67 bits per heavy atom. The maximum absolute atomic E-state index is 13.4. The molecule has 4 nitrogen and oxygen atoms in total. The third-order valence-electron chi connectivity index (χ3n) is 5.21. The number of nitrogens with zero attached hydrogens (tertiary/aromatic N) is 1. The lowest BCUT2D eigenvalue weighted by atomic mass is 10.0. The first kappa shape index (κ1) is 24.2. The van der Waals surface area contributed by atoms with Gasteiger partial charge in [-0.05, 0) is 44.4 Å². The highest BCUT2D eigenvalue weighted by Gasteiger charge is 2.30. The van der Waals surface area contributed by atoms with Gasteiger partial charge in [-0.25, -0.2) is 0 Å². The minimum absolute atomic E-state index is 0.0316. The van der Waals surface area contributed by atoms with E-state index >= 15 is 0 Å². The molecular weight excluding hydrogens is 419 g/mol. The Kier molecular flexibility index (Phi) is 9.19. The number of carbonyl (C=O) groups excluding carboxylic acids is 2. The van der Waals surface area contributed by atoms with Crippen LogP contribution in [0.4, 0.5) is 0 Å². The zero-order valence-corrected chi connectivity index (χ0v) is 19.6. The molecule has 0 spiro atoms. The van der Waals surface area contributed by atoms with Crippen LogP contribution in [0.3, 0.4) is 0 Å². The highest BCUT2D eigenvalue weighted by Crippen LogP contribution is 2.27. The Morgan fingerprint density at radius 3 is 2.23 bits per heavy atom. The van der Waals surface area contributed by atoms with Crippen LogP contribution in [0.5, 0.6) is 0 Å². The van der Waals surface area contributed by atoms with Gasteiger partial charge in [-0.3, -0.25) is 9.59 Å². The molecule has 0 aliphatic heterocycles. The fourth-order valence-electron chi connectivity index (χ4n) is 3.31. The third kappa shape index (κ3) is 6.48. The minimum atomic E-state index is -0.608. The molecule has 0 heterocycles. The molecule has 1 N–H and O–H groups in total. The Morgan fingerprint density at radius 1 is 1.03 bits per heavy atom. The minimum Gasteiger partial charge on any atom is -0.352 e. The number of halogens is 2. The molecule has 0 saturated carbocycles. The largest absolute Gasteiger partial charge is 0.352 e. The summed E-state index contributed by atoms with van der Waals surface area (Å²) in [6, 6.07) is 12.5. The van der Waals surface area contributed by atoms with Gasteiger partial charge in [-0.2, -0.15) is 0 Å². The van der Waals surface area contributed by atoms with E-state index in [1.807, 2.05) is 52.0 Å². The molecule has 0 unspecified atom stereocenters. The zero-order valence-electron chi connectivity index (χ0n) is 18.0. The summed E-state index contributed by atoms with van der Waals surface area (Å²) >= 11 is 12.7. The van der Waals surface area contributed by atoms with Crippen molar-refractivity contribution < 1.29 is 9.59 Å². The fraction of sp³-hybridized carbons (Fsp3) is 0.417. The lowest BCUT2D eigenvalue weighted by Crippen LogP contribution is -2.51. The van der Waals surface area contributed by atoms with Crippen molar-refractivity contribution in [2.24, 2.45) is 0 Å². The highest BCUT2D eigenvalue weighted by molar-refractivity contribution is 6.36. The molecule has 0 aliphatic carbocycles. The van der Waals surface area contributed by atoms with E-state index in [1.54, 1.807) is 23.1 Å². The second-order valence-electron chi connectivity index (χ2n) is 7.63. The van der Waals surface area contributed by atoms with Gasteiger partial charge in [0.2, 0.25) is 11.8 Å². The predicted molar refractivity (Wildman–Crippen MR) is 124 cm³/mol. The van der Waals surface area contributed by atoms with Gasteiger partial charge in [-0.15, -0.1) is 0 Å². The molecule has 2 aromatic rings. The molecule has 0 bridgehead atoms. The Balaban J connectivity index is 2.37. The van der Waals surface area contributed by atoms with E-state index in [2.05, 4.69) is 5.32 Å². The summed E-state index contributed by atoms with van der Waals surface area (Å²) in [6.07, 6.45) is 1.51. The summed E-state index contributed by atoms with van der Waals surface area (Å²) in [5.41, 5.74) is 2.64. The maximum Gasteiger partial charge on any atom is 0.243 e. The van der Waals surface area contributed by atoms with Crippen molar-refractivity contribution in [3.05, 3.63) is 69.2 Å².